The Morgan fingerprint density at radius 2 is 2.00 bits per heavy atom. The molecule has 142 valence electrons. The highest BCUT2D eigenvalue weighted by molar-refractivity contribution is 6.30. The molecule has 8 heteroatoms. The lowest BCUT2D eigenvalue weighted by atomic mass is 9.85. The first-order valence-corrected chi connectivity index (χ1v) is 9.28. The molecule has 3 aromatic rings. The summed E-state index contributed by atoms with van der Waals surface area (Å²) in [5.74, 6) is 5.41. The van der Waals surface area contributed by atoms with Gasteiger partial charge < -0.3 is 25.6 Å². The highest BCUT2D eigenvalue weighted by atomic mass is 35.5. The number of benzene rings is 1. The van der Waals surface area contributed by atoms with Crippen molar-refractivity contribution in [2.24, 2.45) is 16.9 Å². The van der Waals surface area contributed by atoms with Crippen LogP contribution in [0.3, 0.4) is 0 Å². The van der Waals surface area contributed by atoms with Crippen LogP contribution in [0.25, 0.3) is 11.0 Å². The lowest BCUT2D eigenvalue weighted by Crippen LogP contribution is -2.31. The zero-order chi connectivity index (χ0) is 19.1. The van der Waals surface area contributed by atoms with Gasteiger partial charge in [-0.3, -0.25) is 0 Å². The molecule has 0 spiro atoms. The molecule has 0 saturated heterocycles. The molecule has 0 aliphatic heterocycles. The molecule has 4 rings (SSSR count). The van der Waals surface area contributed by atoms with Crippen LogP contribution in [0.15, 0.2) is 48.0 Å². The molecule has 1 aliphatic rings. The second-order valence-electron chi connectivity index (χ2n) is 7.13. The van der Waals surface area contributed by atoms with Crippen LogP contribution < -0.4 is 11.3 Å². The van der Waals surface area contributed by atoms with Gasteiger partial charge in [-0.15, -0.1) is 0 Å². The number of aliphatic hydroxyl groups is 2. The first-order chi connectivity index (χ1) is 13.0. The van der Waals surface area contributed by atoms with Crippen molar-refractivity contribution < 1.29 is 10.2 Å². The average molecular weight is 388 g/mol. The van der Waals surface area contributed by atoms with Crippen LogP contribution in [0.4, 0.5) is 0 Å². The van der Waals surface area contributed by atoms with E-state index in [-0.39, 0.29) is 17.9 Å². The summed E-state index contributed by atoms with van der Waals surface area (Å²) in [5.41, 5.74) is 2.29. The van der Waals surface area contributed by atoms with Gasteiger partial charge in [-0.1, -0.05) is 30.7 Å². The first-order valence-electron chi connectivity index (χ1n) is 8.91. The average Bonchev–Trinajstić information content (AvgIpc) is 3.23. The Hall–Kier alpha value is -2.35. The zero-order valence-electron chi connectivity index (χ0n) is 14.8. The van der Waals surface area contributed by atoms with Crippen molar-refractivity contribution in [1.29, 1.82) is 0 Å². The van der Waals surface area contributed by atoms with E-state index in [9.17, 15) is 10.2 Å². The number of fused-ring (bicyclic) bond motifs is 1. The predicted octanol–water partition coefficient (Wildman–Crippen LogP) is 1.88. The van der Waals surface area contributed by atoms with Gasteiger partial charge in [0.15, 0.2) is 5.49 Å². The van der Waals surface area contributed by atoms with Gasteiger partial charge in [0, 0.05) is 11.2 Å². The largest absolute Gasteiger partial charge is 0.390 e. The Bertz CT molecular complexity index is 1010. The molecule has 1 saturated carbocycles. The van der Waals surface area contributed by atoms with E-state index in [1.807, 2.05) is 41.1 Å². The van der Waals surface area contributed by atoms with Crippen LogP contribution in [0.1, 0.15) is 30.9 Å². The molecule has 7 nitrogen and oxygen atoms in total. The van der Waals surface area contributed by atoms with Crippen LogP contribution in [0.2, 0.25) is 5.02 Å². The van der Waals surface area contributed by atoms with Gasteiger partial charge in [0.2, 0.25) is 0 Å². The number of hydrogen-bond acceptors (Lipinski definition) is 5. The lowest BCUT2D eigenvalue weighted by molar-refractivity contribution is 0.00292. The zero-order valence-corrected chi connectivity index (χ0v) is 15.6. The molecule has 0 radical (unpaired) electrons. The molecule has 0 amide bonds. The van der Waals surface area contributed by atoms with Crippen LogP contribution in [0, 0.1) is 5.92 Å². The Morgan fingerprint density at radius 1 is 1.26 bits per heavy atom. The van der Waals surface area contributed by atoms with Gasteiger partial charge in [-0.2, -0.15) is 5.10 Å². The summed E-state index contributed by atoms with van der Waals surface area (Å²) in [4.78, 5) is 7.20. The summed E-state index contributed by atoms with van der Waals surface area (Å²) in [7, 11) is 0. The number of aliphatic hydroxyl groups excluding tert-OH is 2. The molecule has 27 heavy (non-hydrogen) atoms. The summed E-state index contributed by atoms with van der Waals surface area (Å²) in [6.07, 6.45) is 2.34. The number of aromatic nitrogens is 3. The Kier molecular flexibility index (Phi) is 4.67. The van der Waals surface area contributed by atoms with E-state index >= 15 is 0 Å². The van der Waals surface area contributed by atoms with Crippen molar-refractivity contribution in [3.05, 3.63) is 58.9 Å². The number of aromatic amines is 1. The summed E-state index contributed by atoms with van der Waals surface area (Å²) < 4.78 is 1.94. The van der Waals surface area contributed by atoms with Gasteiger partial charge in [0.1, 0.15) is 11.8 Å². The number of halogens is 1. The maximum atomic E-state index is 10.8. The van der Waals surface area contributed by atoms with Gasteiger partial charge >= 0.3 is 0 Å². The van der Waals surface area contributed by atoms with Gasteiger partial charge in [-0.05, 0) is 42.0 Å². The maximum absolute atomic E-state index is 10.8. The van der Waals surface area contributed by atoms with E-state index in [1.54, 1.807) is 0 Å². The molecule has 1 aromatic carbocycles. The van der Waals surface area contributed by atoms with E-state index < -0.39 is 12.2 Å². The maximum Gasteiger partial charge on any atom is 0.183 e. The van der Waals surface area contributed by atoms with E-state index in [0.717, 1.165) is 16.6 Å². The van der Waals surface area contributed by atoms with Gasteiger partial charge in [-0.25, -0.2) is 4.98 Å². The Labute approximate surface area is 161 Å². The monoisotopic (exact) mass is 387 g/mol. The Balaban J connectivity index is 1.67. The minimum absolute atomic E-state index is 0.0795. The third kappa shape index (κ3) is 3.01. The SMILES string of the molecule is C[C@@H](c1ccc(Cl)cc1)[C@H]1C[C@@H](n2ccc3/c(=N\N)nc[nH]c32)[C@H](O)[C@@H]1O. The fraction of sp³-hybridized carbons (Fsp3) is 0.368. The summed E-state index contributed by atoms with van der Waals surface area (Å²) in [6, 6.07) is 9.24. The van der Waals surface area contributed by atoms with Gasteiger partial charge in [0.25, 0.3) is 0 Å². The highest BCUT2D eigenvalue weighted by Gasteiger charge is 2.45. The smallest absolute Gasteiger partial charge is 0.183 e. The summed E-state index contributed by atoms with van der Waals surface area (Å²) in [6.45, 7) is 2.07. The van der Waals surface area contributed by atoms with Crippen LogP contribution in [0.5, 0.6) is 0 Å². The number of nitrogens with one attached hydrogen (secondary N) is 1. The highest BCUT2D eigenvalue weighted by Crippen LogP contribution is 2.43. The van der Waals surface area contributed by atoms with Crippen molar-refractivity contribution in [2.45, 2.75) is 37.5 Å². The number of nitrogens with two attached hydrogens (primary N) is 1. The molecule has 1 fully saturated rings. The van der Waals surface area contributed by atoms with Crippen molar-refractivity contribution in [2.75, 3.05) is 0 Å². The van der Waals surface area contributed by atoms with E-state index in [0.29, 0.717) is 16.9 Å². The van der Waals surface area contributed by atoms with Crippen LogP contribution >= 0.6 is 11.6 Å². The third-order valence-electron chi connectivity index (χ3n) is 5.76. The molecule has 1 aliphatic carbocycles. The normalized spacial score (nSPS) is 27.3. The Morgan fingerprint density at radius 3 is 2.70 bits per heavy atom. The van der Waals surface area contributed by atoms with E-state index in [1.165, 1.54) is 6.33 Å². The summed E-state index contributed by atoms with van der Waals surface area (Å²) >= 11 is 5.98. The summed E-state index contributed by atoms with van der Waals surface area (Å²) in [5, 5.41) is 26.6. The molecule has 0 unspecified atom stereocenters. The van der Waals surface area contributed by atoms with E-state index in [4.69, 9.17) is 17.4 Å². The van der Waals surface area contributed by atoms with E-state index in [2.05, 4.69) is 22.0 Å². The molecular weight excluding hydrogens is 366 g/mol. The second kappa shape index (κ2) is 6.99. The van der Waals surface area contributed by atoms with Crippen molar-refractivity contribution >= 4 is 22.6 Å². The van der Waals surface area contributed by atoms with Crippen molar-refractivity contribution in [3.63, 3.8) is 0 Å². The fourth-order valence-corrected chi connectivity index (χ4v) is 4.34. The van der Waals surface area contributed by atoms with Crippen LogP contribution in [-0.2, 0) is 0 Å². The minimum atomic E-state index is -0.875. The van der Waals surface area contributed by atoms with Crippen molar-refractivity contribution in [1.82, 2.24) is 14.5 Å². The topological polar surface area (TPSA) is 112 Å². The molecule has 5 N–H and O–H groups in total. The number of nitrogens with zero attached hydrogens (tertiary/aromatic N) is 3. The number of H-pyrrole nitrogens is 1. The number of hydrogen-bond donors (Lipinski definition) is 4. The van der Waals surface area contributed by atoms with Gasteiger partial charge in [0.05, 0.1) is 23.9 Å². The molecule has 2 aromatic heterocycles. The minimum Gasteiger partial charge on any atom is -0.390 e. The fourth-order valence-electron chi connectivity index (χ4n) is 4.21. The first kappa shape index (κ1) is 18.0. The molecule has 2 heterocycles. The molecular formula is C19H22ClN5O2. The quantitative estimate of drug-likeness (QED) is 0.406. The predicted molar refractivity (Wildman–Crippen MR) is 103 cm³/mol. The van der Waals surface area contributed by atoms with Crippen LogP contribution in [-0.4, -0.2) is 37.0 Å². The second-order valence-corrected chi connectivity index (χ2v) is 7.57. The molecule has 0 bridgehead atoms. The standard InChI is InChI=1S/C19H22ClN5O2/c1-10(11-2-4-12(20)5-3-11)14-8-15(17(27)16(14)26)25-7-6-13-18(24-21)22-9-23-19(13)25/h2-7,9-10,14-17,26-27H,8,21H2,1H3,(H,22,23,24)/t10-,14+,15+,16+,17-/m0/s1. The van der Waals surface area contributed by atoms with Crippen molar-refractivity contribution in [3.8, 4) is 0 Å². The molecule has 5 atom stereocenters. The third-order valence-corrected chi connectivity index (χ3v) is 6.01. The lowest BCUT2D eigenvalue weighted by Gasteiger charge is -2.23. The number of rotatable bonds is 3.